The number of halogens is 1. The van der Waals surface area contributed by atoms with E-state index in [1.54, 1.807) is 11.0 Å². The summed E-state index contributed by atoms with van der Waals surface area (Å²) < 4.78 is 13.3. The molecule has 1 aliphatic rings. The number of fused-ring (bicyclic) bond motifs is 1. The zero-order valence-electron chi connectivity index (χ0n) is 9.69. The predicted molar refractivity (Wildman–Crippen MR) is 70.5 cm³/mol. The van der Waals surface area contributed by atoms with E-state index >= 15 is 0 Å². The summed E-state index contributed by atoms with van der Waals surface area (Å²) in [5.74, 6) is 0.193. The molecule has 5 heteroatoms. The standard InChI is InChI=1S/C12H15FN2OS/c1-14-5-6-15(12(16)4-7-17)11-8-9(13)2-3-10(11)14/h2-3,8,17H,4-7H2,1H3. The molecule has 0 radical (unpaired) electrons. The molecule has 0 spiro atoms. The average Bonchev–Trinajstić information content (AvgIpc) is 2.29. The summed E-state index contributed by atoms with van der Waals surface area (Å²) >= 11 is 4.06. The molecule has 17 heavy (non-hydrogen) atoms. The van der Waals surface area contributed by atoms with Crippen molar-refractivity contribution in [2.75, 3.05) is 35.7 Å². The third-order valence-corrected chi connectivity index (χ3v) is 3.15. The van der Waals surface area contributed by atoms with E-state index in [9.17, 15) is 9.18 Å². The van der Waals surface area contributed by atoms with Crippen molar-refractivity contribution >= 4 is 29.9 Å². The fraction of sp³-hybridized carbons (Fsp3) is 0.417. The minimum atomic E-state index is -0.317. The van der Waals surface area contributed by atoms with Crippen LogP contribution in [-0.4, -0.2) is 31.8 Å². The molecule has 1 amide bonds. The highest BCUT2D eigenvalue weighted by Crippen LogP contribution is 2.33. The van der Waals surface area contributed by atoms with Crippen LogP contribution >= 0.6 is 12.6 Å². The zero-order valence-corrected chi connectivity index (χ0v) is 10.6. The number of nitrogens with zero attached hydrogens (tertiary/aromatic N) is 2. The maximum absolute atomic E-state index is 13.3. The van der Waals surface area contributed by atoms with Crippen LogP contribution in [0.3, 0.4) is 0 Å². The molecule has 0 saturated heterocycles. The fourth-order valence-electron chi connectivity index (χ4n) is 2.02. The smallest absolute Gasteiger partial charge is 0.227 e. The normalized spacial score (nSPS) is 14.8. The second-order valence-electron chi connectivity index (χ2n) is 4.07. The molecule has 0 atom stereocenters. The van der Waals surface area contributed by atoms with Crippen molar-refractivity contribution in [2.45, 2.75) is 6.42 Å². The van der Waals surface area contributed by atoms with E-state index in [-0.39, 0.29) is 11.7 Å². The summed E-state index contributed by atoms with van der Waals surface area (Å²) in [4.78, 5) is 15.6. The highest BCUT2D eigenvalue weighted by molar-refractivity contribution is 7.80. The van der Waals surface area contributed by atoms with Crippen molar-refractivity contribution in [3.05, 3.63) is 24.0 Å². The van der Waals surface area contributed by atoms with Gasteiger partial charge in [0, 0.05) is 26.6 Å². The first-order chi connectivity index (χ1) is 8.13. The van der Waals surface area contributed by atoms with E-state index in [0.29, 0.717) is 24.4 Å². The van der Waals surface area contributed by atoms with Gasteiger partial charge in [-0.15, -0.1) is 0 Å². The van der Waals surface area contributed by atoms with E-state index < -0.39 is 0 Å². The first-order valence-corrected chi connectivity index (χ1v) is 6.18. The van der Waals surface area contributed by atoms with Crippen LogP contribution in [0.2, 0.25) is 0 Å². The van der Waals surface area contributed by atoms with Crippen LogP contribution in [0.25, 0.3) is 0 Å². The molecule has 0 aliphatic carbocycles. The van der Waals surface area contributed by atoms with Gasteiger partial charge < -0.3 is 9.80 Å². The molecule has 0 bridgehead atoms. The Hall–Kier alpha value is -1.23. The molecule has 0 fully saturated rings. The van der Waals surface area contributed by atoms with Crippen LogP contribution < -0.4 is 9.80 Å². The van der Waals surface area contributed by atoms with Crippen molar-refractivity contribution in [1.29, 1.82) is 0 Å². The minimum absolute atomic E-state index is 0.0000463. The topological polar surface area (TPSA) is 23.6 Å². The second-order valence-corrected chi connectivity index (χ2v) is 4.52. The van der Waals surface area contributed by atoms with Crippen LogP contribution in [0.4, 0.5) is 15.8 Å². The quantitative estimate of drug-likeness (QED) is 0.815. The number of carbonyl (C=O) groups is 1. The molecule has 0 N–H and O–H groups in total. The lowest BCUT2D eigenvalue weighted by atomic mass is 10.1. The highest BCUT2D eigenvalue weighted by atomic mass is 32.1. The van der Waals surface area contributed by atoms with Crippen molar-refractivity contribution in [2.24, 2.45) is 0 Å². The molecule has 0 aromatic heterocycles. The molecule has 2 rings (SSSR count). The summed E-state index contributed by atoms with van der Waals surface area (Å²) in [5, 5.41) is 0. The first-order valence-electron chi connectivity index (χ1n) is 5.55. The lowest BCUT2D eigenvalue weighted by Crippen LogP contribution is -2.42. The molecule has 3 nitrogen and oxygen atoms in total. The monoisotopic (exact) mass is 254 g/mol. The molecule has 0 saturated carbocycles. The van der Waals surface area contributed by atoms with Crippen LogP contribution in [0.15, 0.2) is 18.2 Å². The minimum Gasteiger partial charge on any atom is -0.371 e. The van der Waals surface area contributed by atoms with Crippen LogP contribution in [0.5, 0.6) is 0 Å². The number of carbonyl (C=O) groups excluding carboxylic acids is 1. The van der Waals surface area contributed by atoms with Crippen molar-refractivity contribution in [3.63, 3.8) is 0 Å². The van der Waals surface area contributed by atoms with Crippen molar-refractivity contribution in [1.82, 2.24) is 0 Å². The van der Waals surface area contributed by atoms with Gasteiger partial charge in [-0.1, -0.05) is 0 Å². The molecule has 1 aromatic rings. The van der Waals surface area contributed by atoms with Crippen LogP contribution in [0.1, 0.15) is 6.42 Å². The Bertz CT molecular complexity index is 439. The Morgan fingerprint density at radius 2 is 2.18 bits per heavy atom. The lowest BCUT2D eigenvalue weighted by molar-refractivity contribution is -0.118. The molecular formula is C12H15FN2OS. The van der Waals surface area contributed by atoms with Gasteiger partial charge in [0.05, 0.1) is 11.4 Å². The first kappa shape index (κ1) is 12.2. The second kappa shape index (κ2) is 4.96. The SMILES string of the molecule is CN1CCN(C(=O)CCS)c2cc(F)ccc21. The van der Waals surface area contributed by atoms with Gasteiger partial charge in [-0.05, 0) is 24.0 Å². The van der Waals surface area contributed by atoms with Gasteiger partial charge in [0.2, 0.25) is 5.91 Å². The average molecular weight is 254 g/mol. The molecular weight excluding hydrogens is 239 g/mol. The van der Waals surface area contributed by atoms with Gasteiger partial charge in [0.25, 0.3) is 0 Å². The number of likely N-dealkylation sites (N-methyl/N-ethyl adjacent to an activating group) is 1. The van der Waals surface area contributed by atoms with E-state index in [1.807, 2.05) is 11.9 Å². The number of benzene rings is 1. The number of hydrogen-bond acceptors (Lipinski definition) is 3. The number of anilines is 2. The van der Waals surface area contributed by atoms with Crippen LogP contribution in [0, 0.1) is 5.82 Å². The van der Waals surface area contributed by atoms with Gasteiger partial charge >= 0.3 is 0 Å². The summed E-state index contributed by atoms with van der Waals surface area (Å²) in [6.45, 7) is 1.36. The Kier molecular flexibility index (Phi) is 3.57. The number of rotatable bonds is 2. The fourth-order valence-corrected chi connectivity index (χ4v) is 2.21. The van der Waals surface area contributed by atoms with Crippen LogP contribution in [-0.2, 0) is 4.79 Å². The predicted octanol–water partition coefficient (Wildman–Crippen LogP) is 1.93. The highest BCUT2D eigenvalue weighted by Gasteiger charge is 2.24. The summed E-state index contributed by atoms with van der Waals surface area (Å²) in [5.41, 5.74) is 1.55. The maximum Gasteiger partial charge on any atom is 0.227 e. The van der Waals surface area contributed by atoms with E-state index in [0.717, 1.165) is 12.2 Å². The molecule has 0 unspecified atom stereocenters. The van der Waals surface area contributed by atoms with Gasteiger partial charge in [-0.3, -0.25) is 4.79 Å². The summed E-state index contributed by atoms with van der Waals surface area (Å²) in [7, 11) is 1.94. The van der Waals surface area contributed by atoms with Gasteiger partial charge in [-0.2, -0.15) is 12.6 Å². The Balaban J connectivity index is 2.37. The third-order valence-electron chi connectivity index (χ3n) is 2.93. The molecule has 1 heterocycles. The van der Waals surface area contributed by atoms with Crippen molar-refractivity contribution < 1.29 is 9.18 Å². The number of thiol groups is 1. The van der Waals surface area contributed by atoms with E-state index in [2.05, 4.69) is 12.6 Å². The largest absolute Gasteiger partial charge is 0.371 e. The Morgan fingerprint density at radius 3 is 2.88 bits per heavy atom. The van der Waals surface area contributed by atoms with E-state index in [1.165, 1.54) is 12.1 Å². The summed E-state index contributed by atoms with van der Waals surface area (Å²) in [6, 6.07) is 4.55. The molecule has 1 aliphatic heterocycles. The Morgan fingerprint density at radius 1 is 1.41 bits per heavy atom. The number of amides is 1. The van der Waals surface area contributed by atoms with Gasteiger partial charge in [0.1, 0.15) is 5.82 Å². The third kappa shape index (κ3) is 2.39. The molecule has 1 aromatic carbocycles. The van der Waals surface area contributed by atoms with Gasteiger partial charge in [0.15, 0.2) is 0 Å². The number of hydrogen-bond donors (Lipinski definition) is 1. The van der Waals surface area contributed by atoms with E-state index in [4.69, 9.17) is 0 Å². The summed E-state index contributed by atoms with van der Waals surface area (Å²) in [6.07, 6.45) is 0.378. The lowest BCUT2D eigenvalue weighted by Gasteiger charge is -2.35. The zero-order chi connectivity index (χ0) is 12.4. The van der Waals surface area contributed by atoms with Crippen molar-refractivity contribution in [3.8, 4) is 0 Å². The maximum atomic E-state index is 13.3. The van der Waals surface area contributed by atoms with Gasteiger partial charge in [-0.25, -0.2) is 4.39 Å². The molecule has 92 valence electrons. The Labute approximate surface area is 106 Å².